The molecule has 1 aromatic carbocycles. The molecule has 0 radical (unpaired) electrons. The highest BCUT2D eigenvalue weighted by molar-refractivity contribution is 7.89. The summed E-state index contributed by atoms with van der Waals surface area (Å²) in [7, 11) is -1.83. The molecule has 2 N–H and O–H groups in total. The van der Waals surface area contributed by atoms with Crippen molar-refractivity contribution in [2.75, 3.05) is 13.6 Å². The second-order valence-electron chi connectivity index (χ2n) is 5.21. The maximum Gasteiger partial charge on any atom is 0.238 e. The highest BCUT2D eigenvalue weighted by atomic mass is 32.2. The van der Waals surface area contributed by atoms with E-state index in [2.05, 4.69) is 6.92 Å². The Morgan fingerprint density at radius 1 is 1.19 bits per heavy atom. The lowest BCUT2D eigenvalue weighted by Gasteiger charge is -2.16. The third kappa shape index (κ3) is 6.27. The monoisotopic (exact) mass is 312 g/mol. The van der Waals surface area contributed by atoms with Gasteiger partial charge in [0.1, 0.15) is 0 Å². The van der Waals surface area contributed by atoms with Crippen LogP contribution in [0.25, 0.3) is 0 Å². The predicted octanol–water partition coefficient (Wildman–Crippen LogP) is 1.92. The fourth-order valence-electron chi connectivity index (χ4n) is 2.01. The quantitative estimate of drug-likeness (QED) is 0.745. The van der Waals surface area contributed by atoms with Crippen LogP contribution in [0.15, 0.2) is 29.2 Å². The van der Waals surface area contributed by atoms with Gasteiger partial charge in [0, 0.05) is 20.0 Å². The number of nitrogens with zero attached hydrogens (tertiary/aromatic N) is 1. The smallest absolute Gasteiger partial charge is 0.238 e. The number of aryl methyl sites for hydroxylation is 1. The summed E-state index contributed by atoms with van der Waals surface area (Å²) in [5.41, 5.74) is 0.928. The Balaban J connectivity index is 2.46. The third-order valence-corrected chi connectivity index (χ3v) is 4.33. The van der Waals surface area contributed by atoms with Crippen LogP contribution in [0, 0.1) is 0 Å². The number of sulfonamides is 1. The Bertz CT molecular complexity index is 553. The molecule has 0 aliphatic rings. The molecule has 0 aliphatic heterocycles. The number of carbonyl (C=O) groups is 1. The van der Waals surface area contributed by atoms with Gasteiger partial charge < -0.3 is 4.90 Å². The molecule has 1 rings (SSSR count). The zero-order valence-corrected chi connectivity index (χ0v) is 13.5. The Morgan fingerprint density at radius 3 is 2.33 bits per heavy atom. The summed E-state index contributed by atoms with van der Waals surface area (Å²) in [6, 6.07) is 6.34. The Kier molecular flexibility index (Phi) is 6.84. The van der Waals surface area contributed by atoms with Gasteiger partial charge in [-0.15, -0.1) is 0 Å². The van der Waals surface area contributed by atoms with Gasteiger partial charge in [-0.3, -0.25) is 4.79 Å². The van der Waals surface area contributed by atoms with Crippen molar-refractivity contribution in [2.24, 2.45) is 5.14 Å². The fraction of sp³-hybridized carbons (Fsp3) is 0.533. The Hall–Kier alpha value is -1.40. The highest BCUT2D eigenvalue weighted by Gasteiger charge is 2.10. The van der Waals surface area contributed by atoms with Crippen molar-refractivity contribution >= 4 is 15.9 Å². The molecule has 5 nitrogen and oxygen atoms in total. The van der Waals surface area contributed by atoms with Crippen LogP contribution in [-0.2, 0) is 21.2 Å². The van der Waals surface area contributed by atoms with E-state index < -0.39 is 10.0 Å². The van der Waals surface area contributed by atoms with E-state index in [9.17, 15) is 13.2 Å². The molecular weight excluding hydrogens is 288 g/mol. The molecule has 0 heterocycles. The first-order valence-electron chi connectivity index (χ1n) is 7.20. The lowest BCUT2D eigenvalue weighted by Crippen LogP contribution is -2.27. The minimum atomic E-state index is -3.65. The molecule has 1 amide bonds. The van der Waals surface area contributed by atoms with Crippen molar-refractivity contribution in [1.29, 1.82) is 0 Å². The lowest BCUT2D eigenvalue weighted by atomic mass is 10.1. The first-order valence-corrected chi connectivity index (χ1v) is 8.75. The molecular formula is C15H24N2O3S. The molecule has 0 atom stereocenters. The van der Waals surface area contributed by atoms with Crippen molar-refractivity contribution in [2.45, 2.75) is 43.9 Å². The summed E-state index contributed by atoms with van der Waals surface area (Å²) < 4.78 is 22.3. The maximum atomic E-state index is 11.9. The van der Waals surface area contributed by atoms with Crippen molar-refractivity contribution in [3.63, 3.8) is 0 Å². The van der Waals surface area contributed by atoms with E-state index in [0.717, 1.165) is 31.4 Å². The largest absolute Gasteiger partial charge is 0.346 e. The second-order valence-corrected chi connectivity index (χ2v) is 6.77. The number of unbranched alkanes of at least 4 members (excludes halogenated alkanes) is 2. The van der Waals surface area contributed by atoms with Crippen LogP contribution in [0.3, 0.4) is 0 Å². The molecule has 0 saturated carbocycles. The highest BCUT2D eigenvalue weighted by Crippen LogP contribution is 2.11. The summed E-state index contributed by atoms with van der Waals surface area (Å²) in [6.07, 6.45) is 4.33. The number of carbonyl (C=O) groups excluding carboxylic acids is 1. The topological polar surface area (TPSA) is 80.5 Å². The van der Waals surface area contributed by atoms with E-state index in [1.807, 2.05) is 7.05 Å². The molecule has 0 bridgehead atoms. The molecule has 6 heteroatoms. The van der Waals surface area contributed by atoms with Crippen LogP contribution in [-0.4, -0.2) is 32.8 Å². The van der Waals surface area contributed by atoms with E-state index in [1.54, 1.807) is 17.0 Å². The average Bonchev–Trinajstić information content (AvgIpc) is 2.44. The van der Waals surface area contributed by atoms with Gasteiger partial charge in [0.15, 0.2) is 0 Å². The van der Waals surface area contributed by atoms with Gasteiger partial charge >= 0.3 is 0 Å². The van der Waals surface area contributed by atoms with Gasteiger partial charge in [-0.2, -0.15) is 0 Å². The summed E-state index contributed by atoms with van der Waals surface area (Å²) in [4.78, 5) is 13.8. The second kappa shape index (κ2) is 8.14. The van der Waals surface area contributed by atoms with Gasteiger partial charge in [0.05, 0.1) is 4.90 Å². The van der Waals surface area contributed by atoms with Crippen molar-refractivity contribution in [1.82, 2.24) is 4.90 Å². The zero-order valence-electron chi connectivity index (χ0n) is 12.7. The maximum absolute atomic E-state index is 11.9. The van der Waals surface area contributed by atoms with Gasteiger partial charge in [-0.25, -0.2) is 13.6 Å². The van der Waals surface area contributed by atoms with Crippen LogP contribution in [0.2, 0.25) is 0 Å². The molecule has 0 fully saturated rings. The van der Waals surface area contributed by atoms with Crippen LogP contribution >= 0.6 is 0 Å². The molecule has 118 valence electrons. The van der Waals surface area contributed by atoms with E-state index in [1.165, 1.54) is 12.1 Å². The zero-order chi connectivity index (χ0) is 15.9. The number of primary sulfonamides is 1. The van der Waals surface area contributed by atoms with E-state index in [0.29, 0.717) is 12.8 Å². The van der Waals surface area contributed by atoms with Crippen LogP contribution in [0.1, 0.15) is 38.2 Å². The number of hydrogen-bond acceptors (Lipinski definition) is 3. The molecule has 0 aromatic heterocycles. The molecule has 21 heavy (non-hydrogen) atoms. The average molecular weight is 312 g/mol. The van der Waals surface area contributed by atoms with E-state index in [-0.39, 0.29) is 10.8 Å². The van der Waals surface area contributed by atoms with E-state index in [4.69, 9.17) is 5.14 Å². The number of rotatable bonds is 8. The molecule has 0 unspecified atom stereocenters. The Labute approximate surface area is 127 Å². The number of nitrogens with two attached hydrogens (primary N) is 1. The number of hydrogen-bond donors (Lipinski definition) is 1. The molecule has 0 aliphatic carbocycles. The summed E-state index contributed by atoms with van der Waals surface area (Å²) in [5, 5.41) is 5.04. The first kappa shape index (κ1) is 17.7. The van der Waals surface area contributed by atoms with Crippen molar-refractivity contribution in [3.05, 3.63) is 29.8 Å². The standard InChI is InChI=1S/C15H24N2O3S/c1-3-4-5-12-17(2)15(18)11-8-13-6-9-14(10-7-13)21(16,19)20/h6-7,9-10H,3-5,8,11-12H2,1-2H3,(H2,16,19,20). The van der Waals surface area contributed by atoms with E-state index >= 15 is 0 Å². The Morgan fingerprint density at radius 2 is 1.81 bits per heavy atom. The van der Waals surface area contributed by atoms with Gasteiger partial charge in [-0.05, 0) is 30.5 Å². The van der Waals surface area contributed by atoms with Gasteiger partial charge in [0.25, 0.3) is 0 Å². The summed E-state index contributed by atoms with van der Waals surface area (Å²) in [5.74, 6) is 0.113. The third-order valence-electron chi connectivity index (χ3n) is 3.40. The molecule has 1 aromatic rings. The normalized spacial score (nSPS) is 11.4. The number of amides is 1. The van der Waals surface area contributed by atoms with Crippen LogP contribution in [0.4, 0.5) is 0 Å². The summed E-state index contributed by atoms with van der Waals surface area (Å²) >= 11 is 0. The van der Waals surface area contributed by atoms with Crippen molar-refractivity contribution in [3.8, 4) is 0 Å². The fourth-order valence-corrected chi connectivity index (χ4v) is 2.53. The van der Waals surface area contributed by atoms with Crippen LogP contribution in [0.5, 0.6) is 0 Å². The van der Waals surface area contributed by atoms with Gasteiger partial charge in [0.2, 0.25) is 15.9 Å². The minimum absolute atomic E-state index is 0.0919. The molecule has 0 spiro atoms. The minimum Gasteiger partial charge on any atom is -0.346 e. The van der Waals surface area contributed by atoms with Crippen molar-refractivity contribution < 1.29 is 13.2 Å². The predicted molar refractivity (Wildman–Crippen MR) is 83.3 cm³/mol. The summed E-state index contributed by atoms with van der Waals surface area (Å²) in [6.45, 7) is 2.92. The molecule has 0 saturated heterocycles. The SMILES string of the molecule is CCCCCN(C)C(=O)CCc1ccc(S(N)(=O)=O)cc1. The van der Waals surface area contributed by atoms with Crippen LogP contribution < -0.4 is 5.14 Å². The lowest BCUT2D eigenvalue weighted by molar-refractivity contribution is -0.129. The first-order chi connectivity index (χ1) is 9.84. The number of benzene rings is 1. The van der Waals surface area contributed by atoms with Gasteiger partial charge in [-0.1, -0.05) is 31.9 Å².